The van der Waals surface area contributed by atoms with E-state index in [0.717, 1.165) is 0 Å². The molecule has 0 bridgehead atoms. The van der Waals surface area contributed by atoms with E-state index in [4.69, 9.17) is 5.73 Å². The predicted octanol–water partition coefficient (Wildman–Crippen LogP) is 2.23. The zero-order valence-electron chi connectivity index (χ0n) is 14.4. The van der Waals surface area contributed by atoms with Crippen LogP contribution in [0.4, 0.5) is 0 Å². The molecule has 1 atom stereocenters. The van der Waals surface area contributed by atoms with Crippen molar-refractivity contribution in [1.82, 2.24) is 5.32 Å². The molecule has 0 unspecified atom stereocenters. The Labute approximate surface area is 152 Å². The van der Waals surface area contributed by atoms with Gasteiger partial charge in [0.15, 0.2) is 5.78 Å². The second-order valence-electron chi connectivity index (χ2n) is 5.92. The molecule has 136 valence electrons. The number of rotatable bonds is 9. The third-order valence-electron chi connectivity index (χ3n) is 4.00. The van der Waals surface area contributed by atoms with Crippen molar-refractivity contribution in [2.75, 3.05) is 6.54 Å². The molecular weight excluding hydrogens is 332 g/mol. The number of amides is 1. The summed E-state index contributed by atoms with van der Waals surface area (Å²) in [6.45, 7) is 0.483. The number of nitrogens with one attached hydrogen (secondary N) is 1. The smallest absolute Gasteiger partial charge is 0.326 e. The van der Waals surface area contributed by atoms with E-state index in [2.05, 4.69) is 5.32 Å². The monoisotopic (exact) mass is 354 g/mol. The maximum absolute atomic E-state index is 12.4. The summed E-state index contributed by atoms with van der Waals surface area (Å²) < 4.78 is 0. The normalized spacial score (nSPS) is 11.6. The summed E-state index contributed by atoms with van der Waals surface area (Å²) in [6, 6.07) is 14.1. The number of aliphatic carboxylic acids is 1. The number of ketones is 1. The maximum Gasteiger partial charge on any atom is 0.326 e. The van der Waals surface area contributed by atoms with Gasteiger partial charge in [0.1, 0.15) is 6.04 Å². The van der Waals surface area contributed by atoms with E-state index in [0.29, 0.717) is 42.5 Å². The molecular formula is C20H22N2O4. The molecule has 26 heavy (non-hydrogen) atoms. The minimum Gasteiger partial charge on any atom is -0.480 e. The van der Waals surface area contributed by atoms with Gasteiger partial charge in [0.05, 0.1) is 0 Å². The highest BCUT2D eigenvalue weighted by atomic mass is 16.4. The van der Waals surface area contributed by atoms with Crippen molar-refractivity contribution in [3.63, 3.8) is 0 Å². The van der Waals surface area contributed by atoms with Gasteiger partial charge >= 0.3 is 5.97 Å². The number of unbranched alkanes of at least 4 members (excludes halogenated alkanes) is 1. The van der Waals surface area contributed by atoms with E-state index in [-0.39, 0.29) is 5.78 Å². The molecule has 0 aliphatic rings. The second kappa shape index (κ2) is 9.48. The van der Waals surface area contributed by atoms with Crippen LogP contribution in [-0.2, 0) is 4.79 Å². The topological polar surface area (TPSA) is 109 Å². The summed E-state index contributed by atoms with van der Waals surface area (Å²) in [6.07, 6.45) is 1.65. The minimum atomic E-state index is -1.08. The lowest BCUT2D eigenvalue weighted by Gasteiger charge is -2.14. The predicted molar refractivity (Wildman–Crippen MR) is 98.1 cm³/mol. The van der Waals surface area contributed by atoms with Gasteiger partial charge in [-0.25, -0.2) is 4.79 Å². The van der Waals surface area contributed by atoms with E-state index in [1.165, 1.54) is 12.1 Å². The van der Waals surface area contributed by atoms with Gasteiger partial charge in [-0.05, 0) is 37.9 Å². The molecule has 6 nitrogen and oxygen atoms in total. The summed E-state index contributed by atoms with van der Waals surface area (Å²) in [5.74, 6) is -1.70. The molecule has 0 fully saturated rings. The van der Waals surface area contributed by atoms with Gasteiger partial charge in [0.25, 0.3) is 5.91 Å². The highest BCUT2D eigenvalue weighted by Crippen LogP contribution is 2.12. The van der Waals surface area contributed by atoms with Crippen molar-refractivity contribution < 1.29 is 19.5 Å². The Morgan fingerprint density at radius 1 is 0.885 bits per heavy atom. The number of benzene rings is 2. The molecule has 1 amide bonds. The molecule has 0 saturated heterocycles. The fraction of sp³-hybridized carbons (Fsp3) is 0.250. The number of carboxylic acid groups (broad SMARTS) is 1. The number of hydrogen-bond donors (Lipinski definition) is 3. The zero-order valence-corrected chi connectivity index (χ0v) is 14.4. The molecule has 0 aliphatic carbocycles. The number of carbonyl (C=O) groups excluding carboxylic acids is 2. The van der Waals surface area contributed by atoms with Gasteiger partial charge in [-0.15, -0.1) is 0 Å². The molecule has 0 heterocycles. The van der Waals surface area contributed by atoms with E-state index >= 15 is 0 Å². The number of hydrogen-bond acceptors (Lipinski definition) is 4. The first-order chi connectivity index (χ1) is 12.5. The van der Waals surface area contributed by atoms with E-state index < -0.39 is 17.9 Å². The van der Waals surface area contributed by atoms with Gasteiger partial charge in [0, 0.05) is 16.7 Å². The number of carboxylic acids is 1. The van der Waals surface area contributed by atoms with Crippen LogP contribution in [-0.4, -0.2) is 35.4 Å². The Hall–Kier alpha value is -2.99. The van der Waals surface area contributed by atoms with Gasteiger partial charge < -0.3 is 16.2 Å². The first-order valence-corrected chi connectivity index (χ1v) is 8.46. The van der Waals surface area contributed by atoms with Crippen molar-refractivity contribution in [3.8, 4) is 0 Å². The van der Waals surface area contributed by atoms with Crippen LogP contribution < -0.4 is 11.1 Å². The minimum absolute atomic E-state index is 0.136. The largest absolute Gasteiger partial charge is 0.480 e. The van der Waals surface area contributed by atoms with Gasteiger partial charge in [0.2, 0.25) is 0 Å². The third-order valence-corrected chi connectivity index (χ3v) is 4.00. The Bertz CT molecular complexity index is 757. The van der Waals surface area contributed by atoms with Crippen LogP contribution in [0.25, 0.3) is 0 Å². The number of nitrogens with two attached hydrogens (primary N) is 1. The molecule has 4 N–H and O–H groups in total. The van der Waals surface area contributed by atoms with Gasteiger partial charge in [-0.3, -0.25) is 9.59 Å². The number of carbonyl (C=O) groups is 3. The fourth-order valence-corrected chi connectivity index (χ4v) is 2.52. The fourth-order valence-electron chi connectivity index (χ4n) is 2.52. The van der Waals surface area contributed by atoms with Crippen LogP contribution in [0.2, 0.25) is 0 Å². The molecule has 2 rings (SSSR count). The van der Waals surface area contributed by atoms with Crippen LogP contribution in [0.15, 0.2) is 54.6 Å². The molecule has 2 aromatic carbocycles. The van der Waals surface area contributed by atoms with Crippen molar-refractivity contribution in [1.29, 1.82) is 0 Å². The lowest BCUT2D eigenvalue weighted by molar-refractivity contribution is -0.139. The van der Waals surface area contributed by atoms with Crippen molar-refractivity contribution in [2.45, 2.75) is 25.3 Å². The van der Waals surface area contributed by atoms with Crippen molar-refractivity contribution >= 4 is 17.7 Å². The Morgan fingerprint density at radius 3 is 2.04 bits per heavy atom. The molecule has 0 radical (unpaired) electrons. The molecule has 0 saturated carbocycles. The Balaban J connectivity index is 2.03. The van der Waals surface area contributed by atoms with Crippen LogP contribution in [0.5, 0.6) is 0 Å². The van der Waals surface area contributed by atoms with Crippen LogP contribution in [0.1, 0.15) is 45.5 Å². The highest BCUT2D eigenvalue weighted by Gasteiger charge is 2.20. The Morgan fingerprint density at radius 2 is 1.46 bits per heavy atom. The molecule has 2 aromatic rings. The SMILES string of the molecule is NCCCC[C@H](NC(=O)c1ccc(C(=O)c2ccccc2)cc1)C(=O)O. The first-order valence-electron chi connectivity index (χ1n) is 8.46. The summed E-state index contributed by atoms with van der Waals surface area (Å²) in [5, 5.41) is 11.7. The lowest BCUT2D eigenvalue weighted by Crippen LogP contribution is -2.40. The summed E-state index contributed by atoms with van der Waals surface area (Å²) in [4.78, 5) is 35.9. The maximum atomic E-state index is 12.4. The quantitative estimate of drug-likeness (QED) is 0.472. The average Bonchev–Trinajstić information content (AvgIpc) is 2.67. The summed E-state index contributed by atoms with van der Waals surface area (Å²) in [5.41, 5.74) is 6.74. The highest BCUT2D eigenvalue weighted by molar-refractivity contribution is 6.09. The second-order valence-corrected chi connectivity index (χ2v) is 5.92. The van der Waals surface area contributed by atoms with Crippen LogP contribution >= 0.6 is 0 Å². The first kappa shape index (κ1) is 19.3. The van der Waals surface area contributed by atoms with E-state index in [9.17, 15) is 19.5 Å². The summed E-state index contributed by atoms with van der Waals surface area (Å²) >= 11 is 0. The van der Waals surface area contributed by atoms with Gasteiger partial charge in [-0.2, -0.15) is 0 Å². The van der Waals surface area contributed by atoms with Crippen LogP contribution in [0, 0.1) is 0 Å². The third kappa shape index (κ3) is 5.26. The molecule has 0 aliphatic heterocycles. The van der Waals surface area contributed by atoms with Gasteiger partial charge in [-0.1, -0.05) is 42.5 Å². The van der Waals surface area contributed by atoms with Crippen molar-refractivity contribution in [3.05, 3.63) is 71.3 Å². The molecule has 0 aromatic heterocycles. The van der Waals surface area contributed by atoms with E-state index in [1.807, 2.05) is 6.07 Å². The molecule has 0 spiro atoms. The summed E-state index contributed by atoms with van der Waals surface area (Å²) in [7, 11) is 0. The molecule has 6 heteroatoms. The lowest BCUT2D eigenvalue weighted by atomic mass is 10.0. The zero-order chi connectivity index (χ0) is 18.9. The van der Waals surface area contributed by atoms with Crippen molar-refractivity contribution in [2.24, 2.45) is 5.73 Å². The average molecular weight is 354 g/mol. The standard InChI is InChI=1S/C20H22N2O4/c21-13-5-4-8-17(20(25)26)22-19(24)16-11-9-15(10-12-16)18(23)14-6-2-1-3-7-14/h1-3,6-7,9-12,17H,4-5,8,13,21H2,(H,22,24)(H,25,26)/t17-/m0/s1. The van der Waals surface area contributed by atoms with E-state index in [1.54, 1.807) is 36.4 Å². The van der Waals surface area contributed by atoms with Crippen LogP contribution in [0.3, 0.4) is 0 Å². The Kier molecular flexibility index (Phi) is 7.05.